The van der Waals surface area contributed by atoms with Gasteiger partial charge in [-0.15, -0.1) is 38.0 Å². The van der Waals surface area contributed by atoms with Crippen LogP contribution in [0, 0.1) is 5.92 Å². The summed E-state index contributed by atoms with van der Waals surface area (Å²) in [7, 11) is 0. The van der Waals surface area contributed by atoms with E-state index in [1.807, 2.05) is 0 Å². The highest BCUT2D eigenvalue weighted by Gasteiger charge is 2.37. The zero-order valence-corrected chi connectivity index (χ0v) is 17.4. The highest BCUT2D eigenvalue weighted by Crippen LogP contribution is 2.44. The summed E-state index contributed by atoms with van der Waals surface area (Å²) in [5, 5.41) is 3.31. The Bertz CT molecular complexity index is 565. The molecule has 3 rings (SSSR count). The molecule has 2 aliphatic rings. The van der Waals surface area contributed by atoms with Crippen LogP contribution in [0.5, 0.6) is 5.75 Å². The molecule has 0 aromatic heterocycles. The zero-order valence-electron chi connectivity index (χ0n) is 14.2. The Balaban J connectivity index is 0.00000169. The van der Waals surface area contributed by atoms with Gasteiger partial charge < -0.3 is 10.1 Å². The van der Waals surface area contributed by atoms with Gasteiger partial charge in [-0.3, -0.25) is 4.90 Å². The minimum atomic E-state index is -4.67. The Morgan fingerprint density at radius 3 is 2.31 bits per heavy atom. The first-order valence-electron chi connectivity index (χ1n) is 8.44. The molecular weight excluding hydrogens is 456 g/mol. The van der Waals surface area contributed by atoms with E-state index in [0.717, 1.165) is 56.3 Å². The summed E-state index contributed by atoms with van der Waals surface area (Å²) in [5.41, 5.74) is 0.649. The lowest BCUT2D eigenvalue weighted by atomic mass is 9.89. The van der Waals surface area contributed by atoms with Gasteiger partial charge >= 0.3 is 6.36 Å². The van der Waals surface area contributed by atoms with Crippen LogP contribution in [-0.2, 0) is 0 Å². The van der Waals surface area contributed by atoms with Gasteiger partial charge in [-0.05, 0) is 37.0 Å². The van der Waals surface area contributed by atoms with E-state index in [1.54, 1.807) is 12.1 Å². The highest BCUT2D eigenvalue weighted by molar-refractivity contribution is 9.10. The third-order valence-electron chi connectivity index (χ3n) is 4.91. The van der Waals surface area contributed by atoms with E-state index in [9.17, 15) is 13.2 Å². The van der Waals surface area contributed by atoms with Crippen LogP contribution in [0.3, 0.4) is 0 Å². The maximum Gasteiger partial charge on any atom is 0.573 e. The molecule has 1 aliphatic carbocycles. The molecule has 0 unspecified atom stereocenters. The summed E-state index contributed by atoms with van der Waals surface area (Å²) in [4.78, 5) is 2.32. The zero-order chi connectivity index (χ0) is 17.2. The van der Waals surface area contributed by atoms with Gasteiger partial charge in [0.1, 0.15) is 5.75 Å². The fourth-order valence-electron chi connectivity index (χ4n) is 3.95. The molecule has 3 nitrogen and oxygen atoms in total. The third-order valence-corrected chi connectivity index (χ3v) is 5.40. The first-order chi connectivity index (χ1) is 11.4. The standard InChI is InChI=1S/C17H22BrF3N2O.2ClH/c18-13-5-6-15(24-17(19,20)21)14(11-13)16(12-3-1-2-4-12)23-9-7-22-8-10-23;;/h5-6,11-12,16,22H,1-4,7-10H2;2*1H/t16-;;/m0../s1. The van der Waals surface area contributed by atoms with Crippen LogP contribution < -0.4 is 10.1 Å². The molecule has 0 radical (unpaired) electrons. The van der Waals surface area contributed by atoms with Gasteiger partial charge in [-0.1, -0.05) is 28.8 Å². The van der Waals surface area contributed by atoms with Gasteiger partial charge in [0.2, 0.25) is 0 Å². The summed E-state index contributed by atoms with van der Waals surface area (Å²) in [6.45, 7) is 3.43. The molecule has 0 bridgehead atoms. The first kappa shape index (κ1) is 23.8. The number of hydrogen-bond donors (Lipinski definition) is 1. The lowest BCUT2D eigenvalue weighted by molar-refractivity contribution is -0.275. The molecule has 2 fully saturated rings. The maximum absolute atomic E-state index is 12.8. The van der Waals surface area contributed by atoms with E-state index in [1.165, 1.54) is 6.07 Å². The predicted molar refractivity (Wildman–Crippen MR) is 104 cm³/mol. The molecule has 26 heavy (non-hydrogen) atoms. The van der Waals surface area contributed by atoms with E-state index in [2.05, 4.69) is 30.9 Å². The van der Waals surface area contributed by atoms with Crippen molar-refractivity contribution in [3.63, 3.8) is 0 Å². The molecule has 1 aromatic carbocycles. The molecule has 1 aliphatic heterocycles. The van der Waals surface area contributed by atoms with Gasteiger partial charge in [0.25, 0.3) is 0 Å². The maximum atomic E-state index is 12.8. The molecule has 0 amide bonds. The Labute approximate surface area is 173 Å². The van der Waals surface area contributed by atoms with Crippen LogP contribution in [0.15, 0.2) is 22.7 Å². The van der Waals surface area contributed by atoms with Crippen molar-refractivity contribution in [2.75, 3.05) is 26.2 Å². The predicted octanol–water partition coefficient (Wildman–Crippen LogP) is 5.33. The van der Waals surface area contributed by atoms with Gasteiger partial charge in [-0.25, -0.2) is 0 Å². The van der Waals surface area contributed by atoms with Crippen molar-refractivity contribution in [3.8, 4) is 5.75 Å². The Hall–Kier alpha value is -0.210. The second-order valence-electron chi connectivity index (χ2n) is 6.51. The van der Waals surface area contributed by atoms with Crippen molar-refractivity contribution >= 4 is 40.7 Å². The number of nitrogens with zero attached hydrogens (tertiary/aromatic N) is 1. The average molecular weight is 480 g/mol. The Morgan fingerprint density at radius 2 is 1.73 bits per heavy atom. The SMILES string of the molecule is Cl.Cl.FC(F)(F)Oc1ccc(Br)cc1[C@H](C1CCCC1)N1CCNCC1. The van der Waals surface area contributed by atoms with Crippen molar-refractivity contribution in [1.29, 1.82) is 0 Å². The molecule has 1 aromatic rings. The monoisotopic (exact) mass is 478 g/mol. The van der Waals surface area contributed by atoms with E-state index in [4.69, 9.17) is 0 Å². The van der Waals surface area contributed by atoms with Crippen molar-refractivity contribution in [3.05, 3.63) is 28.2 Å². The van der Waals surface area contributed by atoms with E-state index in [-0.39, 0.29) is 36.6 Å². The number of hydrogen-bond acceptors (Lipinski definition) is 3. The number of alkyl halides is 3. The van der Waals surface area contributed by atoms with Crippen LogP contribution in [-0.4, -0.2) is 37.4 Å². The van der Waals surface area contributed by atoms with Crippen LogP contribution in [0.4, 0.5) is 13.2 Å². The van der Waals surface area contributed by atoms with Crippen LogP contribution in [0.2, 0.25) is 0 Å². The van der Waals surface area contributed by atoms with E-state index in [0.29, 0.717) is 11.5 Å². The smallest absolute Gasteiger partial charge is 0.405 e. The largest absolute Gasteiger partial charge is 0.573 e. The van der Waals surface area contributed by atoms with Crippen molar-refractivity contribution < 1.29 is 17.9 Å². The normalized spacial score (nSPS) is 20.2. The number of piperazine rings is 1. The number of ether oxygens (including phenoxy) is 1. The van der Waals surface area contributed by atoms with Crippen LogP contribution in [0.1, 0.15) is 37.3 Å². The summed E-state index contributed by atoms with van der Waals surface area (Å²) in [6, 6.07) is 4.81. The molecule has 1 saturated carbocycles. The number of halogens is 6. The minimum Gasteiger partial charge on any atom is -0.405 e. The Kier molecular flexibility index (Phi) is 9.50. The highest BCUT2D eigenvalue weighted by atomic mass is 79.9. The quantitative estimate of drug-likeness (QED) is 0.631. The van der Waals surface area contributed by atoms with Crippen molar-refractivity contribution in [2.45, 2.75) is 38.1 Å². The van der Waals surface area contributed by atoms with Crippen molar-refractivity contribution in [2.24, 2.45) is 5.92 Å². The third kappa shape index (κ3) is 6.16. The minimum absolute atomic E-state index is 0. The second kappa shape index (κ2) is 10.4. The summed E-state index contributed by atoms with van der Waals surface area (Å²) in [5.74, 6) is 0.314. The number of nitrogens with one attached hydrogen (secondary N) is 1. The second-order valence-corrected chi connectivity index (χ2v) is 7.42. The molecule has 150 valence electrons. The molecular formula is C17H24BrCl2F3N2O. The lowest BCUT2D eigenvalue weighted by Crippen LogP contribution is -2.46. The van der Waals surface area contributed by atoms with Crippen LogP contribution in [0.25, 0.3) is 0 Å². The fraction of sp³-hybridized carbons (Fsp3) is 0.647. The summed E-state index contributed by atoms with van der Waals surface area (Å²) < 4.78 is 43.7. The molecule has 1 atom stereocenters. The Morgan fingerprint density at radius 1 is 1.12 bits per heavy atom. The molecule has 1 N–H and O–H groups in total. The lowest BCUT2D eigenvalue weighted by Gasteiger charge is -2.39. The van der Waals surface area contributed by atoms with E-state index >= 15 is 0 Å². The number of benzene rings is 1. The first-order valence-corrected chi connectivity index (χ1v) is 9.23. The van der Waals surface area contributed by atoms with Gasteiger partial charge in [0, 0.05) is 42.3 Å². The summed E-state index contributed by atoms with van der Waals surface area (Å²) in [6.07, 6.45) is -0.251. The molecule has 1 saturated heterocycles. The van der Waals surface area contributed by atoms with Crippen LogP contribution >= 0.6 is 40.7 Å². The molecule has 9 heteroatoms. The van der Waals surface area contributed by atoms with Gasteiger partial charge in [-0.2, -0.15) is 0 Å². The van der Waals surface area contributed by atoms with E-state index < -0.39 is 6.36 Å². The topological polar surface area (TPSA) is 24.5 Å². The molecule has 1 heterocycles. The van der Waals surface area contributed by atoms with Crippen molar-refractivity contribution in [1.82, 2.24) is 10.2 Å². The van der Waals surface area contributed by atoms with Gasteiger partial charge in [0.15, 0.2) is 0 Å². The molecule has 0 spiro atoms. The average Bonchev–Trinajstić information content (AvgIpc) is 3.04. The van der Waals surface area contributed by atoms with Gasteiger partial charge in [0.05, 0.1) is 0 Å². The summed E-state index contributed by atoms with van der Waals surface area (Å²) >= 11 is 3.41. The number of rotatable bonds is 4. The fourth-order valence-corrected chi connectivity index (χ4v) is 4.33.